The molecule has 1 fully saturated rings. The highest BCUT2D eigenvalue weighted by Crippen LogP contribution is 2.07. The Bertz CT molecular complexity index is 191. The zero-order valence-corrected chi connectivity index (χ0v) is 9.79. The highest BCUT2D eigenvalue weighted by Gasteiger charge is 2.22. The molecule has 4 heteroatoms. The van der Waals surface area contributed by atoms with Crippen molar-refractivity contribution in [1.82, 2.24) is 10.2 Å². The van der Waals surface area contributed by atoms with Gasteiger partial charge < -0.3 is 15.0 Å². The van der Waals surface area contributed by atoms with Crippen molar-refractivity contribution in [2.45, 2.75) is 32.2 Å². The molecule has 0 saturated carbocycles. The van der Waals surface area contributed by atoms with Crippen LogP contribution >= 0.6 is 0 Å². The molecule has 88 valence electrons. The molecule has 1 amide bonds. The summed E-state index contributed by atoms with van der Waals surface area (Å²) >= 11 is 0. The maximum Gasteiger partial charge on any atom is 0.224 e. The highest BCUT2D eigenvalue weighted by atomic mass is 16.5. The van der Waals surface area contributed by atoms with E-state index >= 15 is 0 Å². The number of ether oxygens (including phenoxy) is 1. The fourth-order valence-corrected chi connectivity index (χ4v) is 1.76. The molecule has 1 aliphatic heterocycles. The monoisotopic (exact) mass is 214 g/mol. The molecule has 0 aromatic rings. The number of hydrogen-bond donors (Lipinski definition) is 1. The SMILES string of the molecule is CCCOCCC(=O)N(C)C1CCNC1. The standard InChI is InChI=1S/C11H22N2O2/c1-3-7-15-8-5-11(14)13(2)10-4-6-12-9-10/h10,12H,3-9H2,1-2H3. The summed E-state index contributed by atoms with van der Waals surface area (Å²) in [6.07, 6.45) is 2.58. The number of carbonyl (C=O) groups excluding carboxylic acids is 1. The minimum Gasteiger partial charge on any atom is -0.381 e. The number of nitrogens with zero attached hydrogens (tertiary/aromatic N) is 1. The molecule has 4 nitrogen and oxygen atoms in total. The first-order valence-electron chi connectivity index (χ1n) is 5.79. The van der Waals surface area contributed by atoms with E-state index in [9.17, 15) is 4.79 Å². The number of likely N-dealkylation sites (N-methyl/N-ethyl adjacent to an activating group) is 1. The first kappa shape index (κ1) is 12.5. The zero-order valence-electron chi connectivity index (χ0n) is 9.79. The van der Waals surface area contributed by atoms with Gasteiger partial charge >= 0.3 is 0 Å². The van der Waals surface area contributed by atoms with E-state index < -0.39 is 0 Å². The van der Waals surface area contributed by atoms with Crippen LogP contribution in [0.2, 0.25) is 0 Å². The normalized spacial score (nSPS) is 20.5. The van der Waals surface area contributed by atoms with E-state index in [-0.39, 0.29) is 5.91 Å². The van der Waals surface area contributed by atoms with E-state index in [1.165, 1.54) is 0 Å². The summed E-state index contributed by atoms with van der Waals surface area (Å²) in [4.78, 5) is 13.6. The fourth-order valence-electron chi connectivity index (χ4n) is 1.76. The van der Waals surface area contributed by atoms with Crippen LogP contribution in [0.25, 0.3) is 0 Å². The number of hydrogen-bond acceptors (Lipinski definition) is 3. The van der Waals surface area contributed by atoms with Gasteiger partial charge in [-0.3, -0.25) is 4.79 Å². The van der Waals surface area contributed by atoms with Gasteiger partial charge in [-0.25, -0.2) is 0 Å². The van der Waals surface area contributed by atoms with Crippen LogP contribution in [0.4, 0.5) is 0 Å². The van der Waals surface area contributed by atoms with E-state index in [1.807, 2.05) is 11.9 Å². The summed E-state index contributed by atoms with van der Waals surface area (Å²) in [5.74, 6) is 0.194. The molecular formula is C11H22N2O2. The van der Waals surface area contributed by atoms with Crippen molar-refractivity contribution in [3.05, 3.63) is 0 Å². The number of nitrogens with one attached hydrogen (secondary N) is 1. The van der Waals surface area contributed by atoms with Gasteiger partial charge in [0, 0.05) is 26.2 Å². The van der Waals surface area contributed by atoms with E-state index in [1.54, 1.807) is 0 Å². The van der Waals surface area contributed by atoms with Crippen molar-refractivity contribution in [3.63, 3.8) is 0 Å². The Kier molecular flexibility index (Phi) is 5.65. The summed E-state index contributed by atoms with van der Waals surface area (Å²) in [5, 5.41) is 3.26. The maximum atomic E-state index is 11.7. The Morgan fingerprint density at radius 2 is 2.33 bits per heavy atom. The molecule has 0 bridgehead atoms. The Morgan fingerprint density at radius 3 is 2.93 bits per heavy atom. The Balaban J connectivity index is 2.14. The third kappa shape index (κ3) is 4.18. The number of rotatable bonds is 6. The summed E-state index contributed by atoms with van der Waals surface area (Å²) in [5.41, 5.74) is 0. The molecule has 0 spiro atoms. The molecule has 0 radical (unpaired) electrons. The smallest absolute Gasteiger partial charge is 0.224 e. The topological polar surface area (TPSA) is 41.6 Å². The fraction of sp³-hybridized carbons (Fsp3) is 0.909. The predicted octanol–water partition coefficient (Wildman–Crippen LogP) is 0.623. The average Bonchev–Trinajstić information content (AvgIpc) is 2.76. The maximum absolute atomic E-state index is 11.7. The summed E-state index contributed by atoms with van der Waals surface area (Å²) in [7, 11) is 1.89. The molecule has 1 saturated heterocycles. The van der Waals surface area contributed by atoms with Crippen molar-refractivity contribution in [2.24, 2.45) is 0 Å². The van der Waals surface area contributed by atoms with Gasteiger partial charge in [-0.1, -0.05) is 6.92 Å². The molecule has 1 heterocycles. The summed E-state index contributed by atoms with van der Waals surface area (Å²) in [6, 6.07) is 0.378. The van der Waals surface area contributed by atoms with Crippen molar-refractivity contribution in [1.29, 1.82) is 0 Å². The first-order chi connectivity index (χ1) is 7.25. The lowest BCUT2D eigenvalue weighted by molar-refractivity contribution is -0.132. The molecule has 1 N–H and O–H groups in total. The van der Waals surface area contributed by atoms with Crippen LogP contribution in [0.3, 0.4) is 0 Å². The summed E-state index contributed by atoms with van der Waals surface area (Å²) < 4.78 is 5.30. The van der Waals surface area contributed by atoms with E-state index in [2.05, 4.69) is 12.2 Å². The van der Waals surface area contributed by atoms with Gasteiger partial charge in [0.05, 0.1) is 13.0 Å². The lowest BCUT2D eigenvalue weighted by Gasteiger charge is -2.23. The number of amides is 1. The largest absolute Gasteiger partial charge is 0.381 e. The highest BCUT2D eigenvalue weighted by molar-refractivity contribution is 5.76. The molecule has 0 aliphatic carbocycles. The van der Waals surface area contributed by atoms with Gasteiger partial charge in [0.25, 0.3) is 0 Å². The molecule has 1 rings (SSSR count). The first-order valence-corrected chi connectivity index (χ1v) is 5.79. The van der Waals surface area contributed by atoms with Gasteiger partial charge in [0.2, 0.25) is 5.91 Å². The van der Waals surface area contributed by atoms with Gasteiger partial charge in [-0.05, 0) is 19.4 Å². The van der Waals surface area contributed by atoms with Gasteiger partial charge in [-0.2, -0.15) is 0 Å². The average molecular weight is 214 g/mol. The quantitative estimate of drug-likeness (QED) is 0.659. The Morgan fingerprint density at radius 1 is 1.53 bits per heavy atom. The molecule has 0 aromatic heterocycles. The van der Waals surface area contributed by atoms with E-state index in [0.29, 0.717) is 19.1 Å². The van der Waals surface area contributed by atoms with Crippen LogP contribution in [0.5, 0.6) is 0 Å². The second-order valence-electron chi connectivity index (χ2n) is 4.01. The molecule has 15 heavy (non-hydrogen) atoms. The van der Waals surface area contributed by atoms with Gasteiger partial charge in [0.15, 0.2) is 0 Å². The van der Waals surface area contributed by atoms with E-state index in [4.69, 9.17) is 4.74 Å². The lowest BCUT2D eigenvalue weighted by atomic mass is 10.2. The van der Waals surface area contributed by atoms with Crippen LogP contribution in [0, 0.1) is 0 Å². The Hall–Kier alpha value is -0.610. The van der Waals surface area contributed by atoms with Gasteiger partial charge in [-0.15, -0.1) is 0 Å². The molecule has 1 aliphatic rings. The third-order valence-electron chi connectivity index (χ3n) is 2.78. The molecule has 0 aromatic carbocycles. The molecule has 1 unspecified atom stereocenters. The number of carbonyl (C=O) groups is 1. The van der Waals surface area contributed by atoms with Crippen LogP contribution < -0.4 is 5.32 Å². The van der Waals surface area contributed by atoms with Crippen LogP contribution in [0.15, 0.2) is 0 Å². The van der Waals surface area contributed by atoms with Crippen molar-refractivity contribution in [2.75, 3.05) is 33.4 Å². The minimum absolute atomic E-state index is 0.194. The summed E-state index contributed by atoms with van der Waals surface area (Å²) in [6.45, 7) is 5.32. The van der Waals surface area contributed by atoms with Crippen LogP contribution in [0.1, 0.15) is 26.2 Å². The van der Waals surface area contributed by atoms with Crippen molar-refractivity contribution >= 4 is 5.91 Å². The van der Waals surface area contributed by atoms with Crippen LogP contribution in [-0.4, -0.2) is 50.2 Å². The minimum atomic E-state index is 0.194. The second-order valence-corrected chi connectivity index (χ2v) is 4.01. The molecular weight excluding hydrogens is 192 g/mol. The van der Waals surface area contributed by atoms with Gasteiger partial charge in [0.1, 0.15) is 0 Å². The third-order valence-corrected chi connectivity index (χ3v) is 2.78. The van der Waals surface area contributed by atoms with E-state index in [0.717, 1.165) is 32.5 Å². The van der Waals surface area contributed by atoms with Crippen molar-refractivity contribution in [3.8, 4) is 0 Å². The molecule has 1 atom stereocenters. The second kappa shape index (κ2) is 6.80. The lowest BCUT2D eigenvalue weighted by Crippen LogP contribution is -2.38. The zero-order chi connectivity index (χ0) is 11.1. The Labute approximate surface area is 92.0 Å². The van der Waals surface area contributed by atoms with Crippen LogP contribution in [-0.2, 0) is 9.53 Å². The predicted molar refractivity (Wildman–Crippen MR) is 59.8 cm³/mol. The van der Waals surface area contributed by atoms with Crippen molar-refractivity contribution < 1.29 is 9.53 Å².